The van der Waals surface area contributed by atoms with Crippen LogP contribution in [-0.2, 0) is 49.5 Å². The highest BCUT2D eigenvalue weighted by atomic mass is 31.2. The number of phosphoric ester groups is 1. The van der Waals surface area contributed by atoms with E-state index in [-0.39, 0.29) is 12.4 Å². The van der Waals surface area contributed by atoms with E-state index in [1.54, 1.807) is 26.0 Å². The van der Waals surface area contributed by atoms with E-state index in [1.807, 2.05) is 30.3 Å². The Morgan fingerprint density at radius 2 is 1.55 bits per heavy atom. The molecule has 0 amide bonds. The minimum atomic E-state index is -4.59. The van der Waals surface area contributed by atoms with E-state index in [0.29, 0.717) is 24.2 Å². The van der Waals surface area contributed by atoms with Crippen LogP contribution in [0.4, 0.5) is 5.82 Å². The molecule has 2 aliphatic heterocycles. The van der Waals surface area contributed by atoms with E-state index in [0.717, 1.165) is 44.5 Å². The molecule has 3 aromatic rings. The van der Waals surface area contributed by atoms with E-state index in [4.69, 9.17) is 38.5 Å². The van der Waals surface area contributed by atoms with Crippen molar-refractivity contribution in [3.8, 4) is 6.07 Å². The van der Waals surface area contributed by atoms with Crippen molar-refractivity contribution in [1.29, 1.82) is 5.26 Å². The fraction of sp³-hybridized carbons (Fsp3) is 0.698. The molecule has 0 radical (unpaired) electrons. The summed E-state index contributed by atoms with van der Waals surface area (Å²) in [7, 11) is -4.59. The Hall–Kier alpha value is -2.96. The maximum atomic E-state index is 13.3. The average molecular weight is 828 g/mol. The predicted octanol–water partition coefficient (Wildman–Crippen LogP) is 8.95. The Morgan fingerprint density at radius 1 is 0.897 bits per heavy atom. The zero-order valence-electron chi connectivity index (χ0n) is 34.8. The fourth-order valence-electron chi connectivity index (χ4n) is 7.75. The minimum Gasteiger partial charge on any atom is -0.382 e. The molecule has 2 saturated heterocycles. The van der Waals surface area contributed by atoms with Gasteiger partial charge in [0.1, 0.15) is 36.2 Å². The number of fused-ring (bicyclic) bond motifs is 2. The van der Waals surface area contributed by atoms with Crippen molar-refractivity contribution in [3.05, 3.63) is 60.0 Å². The zero-order chi connectivity index (χ0) is 41.3. The molecule has 2 unspecified atom stereocenters. The first kappa shape index (κ1) is 46.1. The number of nitriles is 1. The third kappa shape index (κ3) is 13.5. The normalized spacial score (nSPS) is 22.8. The maximum Gasteiger partial charge on any atom is 0.472 e. The first-order valence-electron chi connectivity index (χ1n) is 21.5. The standard InChI is InChI=1S/C43H66N5O9P/c1-4-5-6-7-11-14-20-27-51-28-21-15-12-9-8-10-13-19-24-35(52-29-34-22-17-16-18-23-34)30-53-58(49,50)54-31-37-39-40(57-42(2,3)56-39)43(32-44,55-37)38-26-25-36-41(45)46-33-47-48(36)38/h16-18,22-23,25-26,33,35,37,39-40H,4-15,19-21,24,27-31H2,1-3H3,(H,49,50)(H2,45,46,47)/t35-,37-,39?,40+,43+/m1/s1. The second-order valence-corrected chi connectivity index (χ2v) is 17.5. The van der Waals surface area contributed by atoms with Crippen molar-refractivity contribution in [2.45, 2.75) is 166 Å². The molecule has 3 N–H and O–H groups in total. The molecule has 0 spiro atoms. The number of hydrogen-bond donors (Lipinski definition) is 2. The molecule has 0 aliphatic carbocycles. The van der Waals surface area contributed by atoms with Crippen molar-refractivity contribution in [3.63, 3.8) is 0 Å². The van der Waals surface area contributed by atoms with Gasteiger partial charge in [0.2, 0.25) is 5.60 Å². The van der Waals surface area contributed by atoms with Gasteiger partial charge in [0.05, 0.1) is 31.6 Å². The second kappa shape index (κ2) is 23.1. The number of anilines is 1. The highest BCUT2D eigenvalue weighted by molar-refractivity contribution is 7.47. The van der Waals surface area contributed by atoms with Crippen molar-refractivity contribution >= 4 is 19.2 Å². The summed E-state index contributed by atoms with van der Waals surface area (Å²) in [5.74, 6) is -0.834. The number of rotatable bonds is 29. The lowest BCUT2D eigenvalue weighted by molar-refractivity contribution is -0.204. The molecule has 6 atom stereocenters. The number of unbranched alkanes of at least 4 members (excludes halogenated alkanes) is 13. The molecular formula is C43H66N5O9P. The fourth-order valence-corrected chi connectivity index (χ4v) is 8.51. The molecule has 58 heavy (non-hydrogen) atoms. The molecule has 2 aromatic heterocycles. The number of aromatic nitrogens is 3. The Labute approximate surface area is 344 Å². The van der Waals surface area contributed by atoms with E-state index in [9.17, 15) is 14.7 Å². The molecule has 2 fully saturated rings. The summed E-state index contributed by atoms with van der Waals surface area (Å²) in [5.41, 5.74) is 6.21. The average Bonchev–Trinajstić information content (AvgIpc) is 3.88. The molecule has 322 valence electrons. The summed E-state index contributed by atoms with van der Waals surface area (Å²) >= 11 is 0. The van der Waals surface area contributed by atoms with Crippen LogP contribution in [0.3, 0.4) is 0 Å². The van der Waals surface area contributed by atoms with Gasteiger partial charge >= 0.3 is 7.82 Å². The van der Waals surface area contributed by atoms with Crippen LogP contribution in [0.25, 0.3) is 5.52 Å². The lowest BCUT2D eigenvalue weighted by Crippen LogP contribution is -2.40. The lowest BCUT2D eigenvalue weighted by atomic mass is 9.92. The van der Waals surface area contributed by atoms with Crippen LogP contribution < -0.4 is 5.73 Å². The number of phosphoric acid groups is 1. The number of ether oxygens (including phenoxy) is 5. The Balaban J connectivity index is 1.04. The largest absolute Gasteiger partial charge is 0.472 e. The first-order chi connectivity index (χ1) is 28.1. The van der Waals surface area contributed by atoms with Crippen molar-refractivity contribution in [1.82, 2.24) is 14.6 Å². The van der Waals surface area contributed by atoms with Gasteiger partial charge in [-0.3, -0.25) is 9.05 Å². The third-order valence-corrected chi connectivity index (χ3v) is 11.8. The van der Waals surface area contributed by atoms with Crippen LogP contribution in [-0.4, -0.2) is 76.1 Å². The summed E-state index contributed by atoms with van der Waals surface area (Å²) in [4.78, 5) is 14.9. The van der Waals surface area contributed by atoms with E-state index < -0.39 is 50.2 Å². The lowest BCUT2D eigenvalue weighted by Gasteiger charge is -2.29. The Morgan fingerprint density at radius 3 is 2.22 bits per heavy atom. The van der Waals surface area contributed by atoms with Crippen LogP contribution in [0.2, 0.25) is 0 Å². The monoisotopic (exact) mass is 827 g/mol. The van der Waals surface area contributed by atoms with E-state index >= 15 is 0 Å². The molecular weight excluding hydrogens is 761 g/mol. The van der Waals surface area contributed by atoms with Gasteiger partial charge in [0.25, 0.3) is 0 Å². The number of nitrogens with two attached hydrogens (primary N) is 1. The van der Waals surface area contributed by atoms with Crippen LogP contribution in [0.15, 0.2) is 48.8 Å². The summed E-state index contributed by atoms with van der Waals surface area (Å²) < 4.78 is 56.5. The topological polar surface area (TPSA) is 182 Å². The van der Waals surface area contributed by atoms with Crippen molar-refractivity contribution in [2.75, 3.05) is 32.2 Å². The van der Waals surface area contributed by atoms with Gasteiger partial charge in [-0.25, -0.2) is 14.1 Å². The van der Waals surface area contributed by atoms with Gasteiger partial charge in [-0.1, -0.05) is 121 Å². The first-order valence-corrected chi connectivity index (χ1v) is 23.0. The van der Waals surface area contributed by atoms with Crippen LogP contribution in [0, 0.1) is 11.3 Å². The van der Waals surface area contributed by atoms with Gasteiger partial charge in [-0.15, -0.1) is 0 Å². The van der Waals surface area contributed by atoms with Crippen LogP contribution >= 0.6 is 7.82 Å². The highest BCUT2D eigenvalue weighted by Gasteiger charge is 2.65. The Bertz CT molecular complexity index is 1740. The summed E-state index contributed by atoms with van der Waals surface area (Å²) in [5, 5.41) is 14.9. The summed E-state index contributed by atoms with van der Waals surface area (Å²) in [6.45, 7) is 7.28. The molecule has 5 rings (SSSR count). The van der Waals surface area contributed by atoms with Gasteiger partial charge in [0.15, 0.2) is 11.6 Å². The molecule has 1 aromatic carbocycles. The molecule has 14 nitrogen and oxygen atoms in total. The maximum absolute atomic E-state index is 13.3. The summed E-state index contributed by atoms with van der Waals surface area (Å²) in [6.07, 6.45) is 17.0. The number of hydrogen-bond acceptors (Lipinski definition) is 12. The zero-order valence-corrected chi connectivity index (χ0v) is 35.7. The molecule has 0 bridgehead atoms. The predicted molar refractivity (Wildman–Crippen MR) is 221 cm³/mol. The molecule has 2 aliphatic rings. The third-order valence-electron chi connectivity index (χ3n) is 10.9. The van der Waals surface area contributed by atoms with Gasteiger partial charge in [-0.05, 0) is 50.8 Å². The van der Waals surface area contributed by atoms with Crippen molar-refractivity contribution in [2.24, 2.45) is 0 Å². The van der Waals surface area contributed by atoms with E-state index in [1.165, 1.54) is 81.5 Å². The molecule has 4 heterocycles. The summed E-state index contributed by atoms with van der Waals surface area (Å²) in [6, 6.07) is 15.4. The van der Waals surface area contributed by atoms with Gasteiger partial charge in [0, 0.05) is 13.2 Å². The Kier molecular flexibility index (Phi) is 18.4. The molecule has 15 heteroatoms. The SMILES string of the molecule is CCCCCCCCCOCCCCCCCCCC[C@H](COP(=O)(O)OC[C@H]1O[C@@](C#N)(c2ccc3c(N)ncnn23)[C@H]2OC(C)(C)OC12)OCc1ccccc1. The van der Waals surface area contributed by atoms with Gasteiger partial charge in [-0.2, -0.15) is 10.4 Å². The number of nitrogen functional groups attached to an aromatic ring is 1. The number of benzene rings is 1. The van der Waals surface area contributed by atoms with Crippen molar-refractivity contribution < 1.29 is 42.2 Å². The quantitative estimate of drug-likeness (QED) is 0.0500. The molecule has 0 saturated carbocycles. The number of nitrogens with zero attached hydrogens (tertiary/aromatic N) is 4. The second-order valence-electron chi connectivity index (χ2n) is 16.0. The minimum absolute atomic E-state index is 0.134. The van der Waals surface area contributed by atoms with Crippen LogP contribution in [0.5, 0.6) is 0 Å². The van der Waals surface area contributed by atoms with Gasteiger partial charge < -0.3 is 34.3 Å². The highest BCUT2D eigenvalue weighted by Crippen LogP contribution is 2.51. The smallest absolute Gasteiger partial charge is 0.382 e. The van der Waals surface area contributed by atoms with Crippen LogP contribution in [0.1, 0.15) is 135 Å². The van der Waals surface area contributed by atoms with E-state index in [2.05, 4.69) is 23.1 Å².